The second-order valence-electron chi connectivity index (χ2n) is 5.45. The number of hydrogen-bond acceptors (Lipinski definition) is 2. The minimum Gasteiger partial charge on any atom is -0.376 e. The molecule has 1 aliphatic carbocycles. The Morgan fingerprint density at radius 3 is 2.67 bits per heavy atom. The number of fused-ring (bicyclic) bond motifs is 1. The third-order valence-electron chi connectivity index (χ3n) is 3.88. The van der Waals surface area contributed by atoms with Crippen molar-refractivity contribution in [2.75, 3.05) is 11.9 Å². The molecule has 0 heterocycles. The van der Waals surface area contributed by atoms with Crippen molar-refractivity contribution in [2.24, 2.45) is 0 Å². The van der Waals surface area contributed by atoms with E-state index in [1.165, 1.54) is 24.0 Å². The highest BCUT2D eigenvalue weighted by molar-refractivity contribution is 5.80. The largest absolute Gasteiger partial charge is 0.376 e. The maximum absolute atomic E-state index is 11.8. The minimum atomic E-state index is 0.0133. The van der Waals surface area contributed by atoms with Gasteiger partial charge < -0.3 is 10.6 Å². The average Bonchev–Trinajstić information content (AvgIpc) is 2.99. The van der Waals surface area contributed by atoms with E-state index in [9.17, 15) is 4.79 Å². The summed E-state index contributed by atoms with van der Waals surface area (Å²) in [6.45, 7) is 0.886. The van der Waals surface area contributed by atoms with Gasteiger partial charge in [-0.05, 0) is 48.1 Å². The Kier molecular flexibility index (Phi) is 4.20. The van der Waals surface area contributed by atoms with Gasteiger partial charge in [-0.15, -0.1) is 0 Å². The lowest BCUT2D eigenvalue weighted by molar-refractivity contribution is -0.119. The summed E-state index contributed by atoms with van der Waals surface area (Å²) in [5.74, 6) is 0.0133. The molecule has 0 aromatic heterocycles. The van der Waals surface area contributed by atoms with Crippen LogP contribution in [0.1, 0.15) is 23.1 Å². The first kappa shape index (κ1) is 13.7. The molecule has 0 aliphatic heterocycles. The number of anilines is 1. The van der Waals surface area contributed by atoms with E-state index in [2.05, 4.69) is 28.8 Å². The van der Waals surface area contributed by atoms with Crippen LogP contribution in [0.2, 0.25) is 0 Å². The second kappa shape index (κ2) is 6.44. The molecule has 2 aromatic rings. The number of aryl methyl sites for hydroxylation is 2. The van der Waals surface area contributed by atoms with Crippen molar-refractivity contribution < 1.29 is 4.79 Å². The standard InChI is InChI=1S/C18H20N2O/c21-18(20-12-14-5-2-1-3-6-14)13-19-17-10-9-15-7-4-8-16(15)11-17/h1-3,5-6,9-11,19H,4,7-8,12-13H2,(H,20,21). The normalized spacial score (nSPS) is 12.8. The van der Waals surface area contributed by atoms with Gasteiger partial charge in [0.2, 0.25) is 5.91 Å². The van der Waals surface area contributed by atoms with Gasteiger partial charge in [0.1, 0.15) is 0 Å². The Morgan fingerprint density at radius 2 is 1.81 bits per heavy atom. The van der Waals surface area contributed by atoms with Gasteiger partial charge in [0.15, 0.2) is 0 Å². The number of amides is 1. The molecule has 0 saturated carbocycles. The zero-order valence-corrected chi connectivity index (χ0v) is 12.1. The van der Waals surface area contributed by atoms with Gasteiger partial charge in [0, 0.05) is 12.2 Å². The molecule has 0 radical (unpaired) electrons. The Balaban J connectivity index is 1.47. The molecule has 0 saturated heterocycles. The number of benzene rings is 2. The zero-order valence-electron chi connectivity index (χ0n) is 12.1. The van der Waals surface area contributed by atoms with Crippen LogP contribution in [0.15, 0.2) is 48.5 Å². The average molecular weight is 280 g/mol. The summed E-state index contributed by atoms with van der Waals surface area (Å²) in [5.41, 5.74) is 5.02. The topological polar surface area (TPSA) is 41.1 Å². The zero-order chi connectivity index (χ0) is 14.5. The van der Waals surface area contributed by atoms with Crippen molar-refractivity contribution in [1.82, 2.24) is 5.32 Å². The monoisotopic (exact) mass is 280 g/mol. The molecular formula is C18H20N2O. The Labute approximate surface area is 125 Å². The van der Waals surface area contributed by atoms with Crippen molar-refractivity contribution >= 4 is 11.6 Å². The third-order valence-corrected chi connectivity index (χ3v) is 3.88. The number of nitrogens with one attached hydrogen (secondary N) is 2. The van der Waals surface area contributed by atoms with Crippen LogP contribution in [0.5, 0.6) is 0 Å². The quantitative estimate of drug-likeness (QED) is 0.884. The van der Waals surface area contributed by atoms with Crippen molar-refractivity contribution in [3.05, 3.63) is 65.2 Å². The van der Waals surface area contributed by atoms with Crippen molar-refractivity contribution in [3.63, 3.8) is 0 Å². The highest BCUT2D eigenvalue weighted by Crippen LogP contribution is 2.24. The summed E-state index contributed by atoms with van der Waals surface area (Å²) in [6, 6.07) is 16.4. The summed E-state index contributed by atoms with van der Waals surface area (Å²) in [6.07, 6.45) is 3.59. The summed E-state index contributed by atoms with van der Waals surface area (Å²) < 4.78 is 0. The van der Waals surface area contributed by atoms with E-state index in [1.807, 2.05) is 30.3 Å². The predicted octanol–water partition coefficient (Wildman–Crippen LogP) is 2.90. The summed E-state index contributed by atoms with van der Waals surface area (Å²) in [5, 5.41) is 6.12. The Bertz CT molecular complexity index is 622. The molecule has 3 nitrogen and oxygen atoms in total. The molecule has 0 unspecified atom stereocenters. The van der Waals surface area contributed by atoms with Crippen molar-refractivity contribution in [2.45, 2.75) is 25.8 Å². The molecule has 0 spiro atoms. The molecule has 3 heteroatoms. The van der Waals surface area contributed by atoms with Gasteiger partial charge in [0.25, 0.3) is 0 Å². The molecule has 108 valence electrons. The van der Waals surface area contributed by atoms with Gasteiger partial charge in [0.05, 0.1) is 6.54 Å². The molecule has 0 atom stereocenters. The number of carbonyl (C=O) groups is 1. The summed E-state index contributed by atoms with van der Waals surface area (Å²) in [4.78, 5) is 11.8. The maximum Gasteiger partial charge on any atom is 0.239 e. The molecule has 2 N–H and O–H groups in total. The van der Waals surface area contributed by atoms with Crippen molar-refractivity contribution in [1.29, 1.82) is 0 Å². The molecule has 3 rings (SSSR count). The van der Waals surface area contributed by atoms with Crippen LogP contribution in [-0.2, 0) is 24.2 Å². The molecule has 0 fully saturated rings. The smallest absolute Gasteiger partial charge is 0.239 e. The van der Waals surface area contributed by atoms with Crippen LogP contribution < -0.4 is 10.6 Å². The highest BCUT2D eigenvalue weighted by Gasteiger charge is 2.10. The van der Waals surface area contributed by atoms with Crippen LogP contribution in [0.3, 0.4) is 0 Å². The second-order valence-corrected chi connectivity index (χ2v) is 5.45. The highest BCUT2D eigenvalue weighted by atomic mass is 16.1. The molecular weight excluding hydrogens is 260 g/mol. The fourth-order valence-corrected chi connectivity index (χ4v) is 2.72. The maximum atomic E-state index is 11.8. The molecule has 2 aromatic carbocycles. The molecule has 21 heavy (non-hydrogen) atoms. The Morgan fingerprint density at radius 1 is 1.00 bits per heavy atom. The van der Waals surface area contributed by atoms with E-state index in [1.54, 1.807) is 0 Å². The van der Waals surface area contributed by atoms with Gasteiger partial charge in [-0.1, -0.05) is 36.4 Å². The van der Waals surface area contributed by atoms with E-state index < -0.39 is 0 Å². The van der Waals surface area contributed by atoms with Gasteiger partial charge in [-0.3, -0.25) is 4.79 Å². The third kappa shape index (κ3) is 3.63. The van der Waals surface area contributed by atoms with E-state index >= 15 is 0 Å². The van der Waals surface area contributed by atoms with Gasteiger partial charge >= 0.3 is 0 Å². The van der Waals surface area contributed by atoms with E-state index in [0.29, 0.717) is 13.1 Å². The number of rotatable bonds is 5. The van der Waals surface area contributed by atoms with Crippen molar-refractivity contribution in [3.8, 4) is 0 Å². The fraction of sp³-hybridized carbons (Fsp3) is 0.278. The number of carbonyl (C=O) groups excluding carboxylic acids is 1. The SMILES string of the molecule is O=C(CNc1ccc2c(c1)CCC2)NCc1ccccc1. The van der Waals surface area contributed by atoms with Gasteiger partial charge in [-0.2, -0.15) is 0 Å². The summed E-state index contributed by atoms with van der Waals surface area (Å²) in [7, 11) is 0. The number of hydrogen-bond donors (Lipinski definition) is 2. The van der Waals surface area contributed by atoms with Crippen LogP contribution in [-0.4, -0.2) is 12.5 Å². The molecule has 1 aliphatic rings. The molecule has 1 amide bonds. The first-order valence-electron chi connectivity index (χ1n) is 7.47. The fourth-order valence-electron chi connectivity index (χ4n) is 2.72. The first-order valence-corrected chi connectivity index (χ1v) is 7.47. The van der Waals surface area contributed by atoms with Crippen LogP contribution in [0.25, 0.3) is 0 Å². The first-order chi connectivity index (χ1) is 10.3. The molecule has 0 bridgehead atoms. The van der Waals surface area contributed by atoms with Gasteiger partial charge in [-0.25, -0.2) is 0 Å². The van der Waals surface area contributed by atoms with E-state index in [0.717, 1.165) is 17.7 Å². The van der Waals surface area contributed by atoms with Crippen LogP contribution >= 0.6 is 0 Å². The van der Waals surface area contributed by atoms with Crippen LogP contribution in [0.4, 0.5) is 5.69 Å². The lowest BCUT2D eigenvalue weighted by Gasteiger charge is -2.09. The van der Waals surface area contributed by atoms with E-state index in [4.69, 9.17) is 0 Å². The predicted molar refractivity (Wildman–Crippen MR) is 85.2 cm³/mol. The minimum absolute atomic E-state index is 0.0133. The Hall–Kier alpha value is -2.29. The van der Waals surface area contributed by atoms with E-state index in [-0.39, 0.29) is 5.91 Å². The lowest BCUT2D eigenvalue weighted by Crippen LogP contribution is -2.29. The van der Waals surface area contributed by atoms with Crippen LogP contribution in [0, 0.1) is 0 Å². The summed E-state index contributed by atoms with van der Waals surface area (Å²) >= 11 is 0. The lowest BCUT2D eigenvalue weighted by atomic mass is 10.1.